The summed E-state index contributed by atoms with van der Waals surface area (Å²) in [6, 6.07) is 0.611. The Bertz CT molecular complexity index is 292. The molecule has 2 aliphatic rings. The van der Waals surface area contributed by atoms with E-state index in [1.165, 1.54) is 0 Å². The van der Waals surface area contributed by atoms with Crippen molar-refractivity contribution in [3.8, 4) is 0 Å². The van der Waals surface area contributed by atoms with E-state index >= 15 is 0 Å². The molecule has 0 aromatic rings. The van der Waals surface area contributed by atoms with Crippen LogP contribution in [0, 0.1) is 5.92 Å². The summed E-state index contributed by atoms with van der Waals surface area (Å²) in [6.45, 7) is 11.0. The van der Waals surface area contributed by atoms with E-state index in [9.17, 15) is 4.79 Å². The van der Waals surface area contributed by atoms with Crippen LogP contribution in [0.25, 0.3) is 0 Å². The number of rotatable bonds is 4. The highest BCUT2D eigenvalue weighted by atomic mass is 16.5. The Balaban J connectivity index is 1.76. The van der Waals surface area contributed by atoms with Crippen LogP contribution in [0.15, 0.2) is 0 Å². The second-order valence-corrected chi connectivity index (χ2v) is 5.66. The number of amides is 1. The smallest absolute Gasteiger partial charge is 0.236 e. The number of hydrogen-bond acceptors (Lipinski definition) is 4. The van der Waals surface area contributed by atoms with E-state index < -0.39 is 0 Å². The minimum Gasteiger partial charge on any atom is -0.378 e. The van der Waals surface area contributed by atoms with Gasteiger partial charge >= 0.3 is 0 Å². The molecule has 0 aromatic carbocycles. The molecule has 2 fully saturated rings. The molecule has 1 amide bonds. The van der Waals surface area contributed by atoms with Gasteiger partial charge in [-0.25, -0.2) is 0 Å². The number of hydrogen-bond donors (Lipinski definition) is 1. The van der Waals surface area contributed by atoms with Gasteiger partial charge in [0.05, 0.1) is 19.8 Å². The normalized spacial score (nSPS) is 29.5. The minimum atomic E-state index is 0.261. The maximum absolute atomic E-state index is 12.2. The van der Waals surface area contributed by atoms with Crippen molar-refractivity contribution in [1.82, 2.24) is 15.1 Å². The van der Waals surface area contributed by atoms with Gasteiger partial charge in [0.1, 0.15) is 0 Å². The standard InChI is InChI=1S/C14H27N3O2/c1-3-15-13-4-5-16(10-12(13)2)11-14(18)17-6-8-19-9-7-17/h12-13,15H,3-11H2,1-2H3. The van der Waals surface area contributed by atoms with Crippen molar-refractivity contribution in [2.45, 2.75) is 26.3 Å². The number of carbonyl (C=O) groups is 1. The Morgan fingerprint density at radius 1 is 1.32 bits per heavy atom. The van der Waals surface area contributed by atoms with Crippen LogP contribution in [0.2, 0.25) is 0 Å². The van der Waals surface area contributed by atoms with E-state index in [4.69, 9.17) is 4.74 Å². The van der Waals surface area contributed by atoms with Gasteiger partial charge in [-0.2, -0.15) is 0 Å². The average Bonchev–Trinajstić information content (AvgIpc) is 2.43. The van der Waals surface area contributed by atoms with E-state index in [0.717, 1.165) is 39.1 Å². The van der Waals surface area contributed by atoms with E-state index in [2.05, 4.69) is 24.1 Å². The molecule has 0 saturated carbocycles. The lowest BCUT2D eigenvalue weighted by Crippen LogP contribution is -2.52. The van der Waals surface area contributed by atoms with Crippen LogP contribution in [-0.4, -0.2) is 74.2 Å². The molecule has 0 radical (unpaired) electrons. The van der Waals surface area contributed by atoms with Crippen LogP contribution in [0.4, 0.5) is 0 Å². The van der Waals surface area contributed by atoms with Crippen molar-refractivity contribution in [1.29, 1.82) is 0 Å². The third-order valence-electron chi connectivity index (χ3n) is 4.18. The van der Waals surface area contributed by atoms with E-state index in [1.54, 1.807) is 0 Å². The molecule has 0 aromatic heterocycles. The molecule has 2 aliphatic heterocycles. The SMILES string of the molecule is CCNC1CCN(CC(=O)N2CCOCC2)CC1C. The zero-order valence-electron chi connectivity index (χ0n) is 12.2. The Morgan fingerprint density at radius 3 is 2.68 bits per heavy atom. The van der Waals surface area contributed by atoms with Gasteiger partial charge < -0.3 is 15.0 Å². The molecule has 1 N–H and O–H groups in total. The first-order chi connectivity index (χ1) is 9.20. The molecule has 110 valence electrons. The Kier molecular flexibility index (Phi) is 5.60. The monoisotopic (exact) mass is 269 g/mol. The molecular formula is C14H27N3O2. The van der Waals surface area contributed by atoms with Crippen molar-refractivity contribution < 1.29 is 9.53 Å². The first-order valence-corrected chi connectivity index (χ1v) is 7.52. The van der Waals surface area contributed by atoms with Crippen molar-refractivity contribution in [2.75, 3.05) is 52.5 Å². The largest absolute Gasteiger partial charge is 0.378 e. The van der Waals surface area contributed by atoms with Crippen LogP contribution in [-0.2, 0) is 9.53 Å². The van der Waals surface area contributed by atoms with Gasteiger partial charge in [0.2, 0.25) is 5.91 Å². The molecular weight excluding hydrogens is 242 g/mol. The fourth-order valence-electron chi connectivity index (χ4n) is 3.05. The quantitative estimate of drug-likeness (QED) is 0.790. The molecule has 2 atom stereocenters. The van der Waals surface area contributed by atoms with E-state index in [0.29, 0.717) is 31.7 Å². The summed E-state index contributed by atoms with van der Waals surface area (Å²) in [7, 11) is 0. The number of carbonyl (C=O) groups excluding carboxylic acids is 1. The number of nitrogens with zero attached hydrogens (tertiary/aromatic N) is 2. The zero-order chi connectivity index (χ0) is 13.7. The van der Waals surface area contributed by atoms with Crippen LogP contribution in [0.5, 0.6) is 0 Å². The number of likely N-dealkylation sites (tertiary alicyclic amines) is 1. The van der Waals surface area contributed by atoms with Gasteiger partial charge in [-0.05, 0) is 18.9 Å². The predicted molar refractivity (Wildman–Crippen MR) is 75.1 cm³/mol. The summed E-state index contributed by atoms with van der Waals surface area (Å²) < 4.78 is 5.28. The summed E-state index contributed by atoms with van der Waals surface area (Å²) in [5.41, 5.74) is 0. The summed E-state index contributed by atoms with van der Waals surface area (Å²) >= 11 is 0. The number of piperidine rings is 1. The van der Waals surface area contributed by atoms with Gasteiger partial charge in [-0.3, -0.25) is 9.69 Å². The topological polar surface area (TPSA) is 44.8 Å². The Labute approximate surface area is 116 Å². The van der Waals surface area contributed by atoms with Crippen LogP contribution < -0.4 is 5.32 Å². The molecule has 2 heterocycles. The van der Waals surface area contributed by atoms with Crippen LogP contribution in [0.3, 0.4) is 0 Å². The molecule has 5 heteroatoms. The lowest BCUT2D eigenvalue weighted by Gasteiger charge is -2.38. The highest BCUT2D eigenvalue weighted by Gasteiger charge is 2.27. The fourth-order valence-corrected chi connectivity index (χ4v) is 3.05. The average molecular weight is 269 g/mol. The Morgan fingerprint density at radius 2 is 2.05 bits per heavy atom. The molecule has 0 bridgehead atoms. The molecule has 2 saturated heterocycles. The minimum absolute atomic E-state index is 0.261. The number of morpholine rings is 1. The molecule has 2 unspecified atom stereocenters. The summed E-state index contributed by atoms with van der Waals surface area (Å²) in [4.78, 5) is 16.4. The van der Waals surface area contributed by atoms with Crippen LogP contribution >= 0.6 is 0 Å². The number of nitrogens with one attached hydrogen (secondary N) is 1. The molecule has 5 nitrogen and oxygen atoms in total. The first-order valence-electron chi connectivity index (χ1n) is 7.52. The summed E-state index contributed by atoms with van der Waals surface area (Å²) in [5, 5.41) is 3.53. The summed E-state index contributed by atoms with van der Waals surface area (Å²) in [5.74, 6) is 0.878. The second-order valence-electron chi connectivity index (χ2n) is 5.66. The predicted octanol–water partition coefficient (Wildman–Crippen LogP) is 0.165. The second kappa shape index (κ2) is 7.22. The first kappa shape index (κ1) is 14.8. The maximum Gasteiger partial charge on any atom is 0.236 e. The van der Waals surface area contributed by atoms with Crippen LogP contribution in [0.1, 0.15) is 20.3 Å². The maximum atomic E-state index is 12.2. The molecule has 19 heavy (non-hydrogen) atoms. The Hall–Kier alpha value is -0.650. The molecule has 0 aliphatic carbocycles. The van der Waals surface area contributed by atoms with Gasteiger partial charge in [0.25, 0.3) is 0 Å². The van der Waals surface area contributed by atoms with Crippen molar-refractivity contribution >= 4 is 5.91 Å². The third-order valence-corrected chi connectivity index (χ3v) is 4.18. The van der Waals surface area contributed by atoms with Gasteiger partial charge in [0.15, 0.2) is 0 Å². The third kappa shape index (κ3) is 4.16. The highest BCUT2D eigenvalue weighted by molar-refractivity contribution is 5.78. The van der Waals surface area contributed by atoms with Gasteiger partial charge in [0, 0.05) is 32.2 Å². The van der Waals surface area contributed by atoms with E-state index in [-0.39, 0.29) is 5.91 Å². The molecule has 0 spiro atoms. The van der Waals surface area contributed by atoms with Gasteiger partial charge in [-0.1, -0.05) is 13.8 Å². The van der Waals surface area contributed by atoms with E-state index in [1.807, 2.05) is 4.90 Å². The van der Waals surface area contributed by atoms with Crippen molar-refractivity contribution in [2.24, 2.45) is 5.92 Å². The van der Waals surface area contributed by atoms with Crippen molar-refractivity contribution in [3.05, 3.63) is 0 Å². The van der Waals surface area contributed by atoms with Gasteiger partial charge in [-0.15, -0.1) is 0 Å². The summed E-state index contributed by atoms with van der Waals surface area (Å²) in [6.07, 6.45) is 1.14. The number of ether oxygens (including phenoxy) is 1. The lowest BCUT2D eigenvalue weighted by atomic mass is 9.94. The fraction of sp³-hybridized carbons (Fsp3) is 0.929. The highest BCUT2D eigenvalue weighted by Crippen LogP contribution is 2.16. The van der Waals surface area contributed by atoms with Crippen molar-refractivity contribution in [3.63, 3.8) is 0 Å². The molecule has 2 rings (SSSR count). The lowest BCUT2D eigenvalue weighted by molar-refractivity contribution is -0.137. The zero-order valence-corrected chi connectivity index (χ0v) is 12.2.